The monoisotopic (exact) mass is 194 g/mol. The minimum Gasteiger partial charge on any atom is -0.345 e. The molecule has 3 N–H and O–H groups in total. The summed E-state index contributed by atoms with van der Waals surface area (Å²) < 4.78 is 0. The summed E-state index contributed by atoms with van der Waals surface area (Å²) in [5.41, 5.74) is 0. The second kappa shape index (κ2) is 5.45. The Balaban J connectivity index is 3.94. The maximum Gasteiger partial charge on any atom is 0.226 e. The fourth-order valence-electron chi connectivity index (χ4n) is 0.507. The van der Waals surface area contributed by atoms with Crippen LogP contribution < -0.4 is 10.5 Å². The first-order valence-electron chi connectivity index (χ1n) is 2.90. The van der Waals surface area contributed by atoms with Gasteiger partial charge in [0.05, 0.1) is 0 Å². The van der Waals surface area contributed by atoms with E-state index in [1.54, 1.807) is 0 Å². The van der Waals surface area contributed by atoms with E-state index in [0.29, 0.717) is 11.9 Å². The minimum atomic E-state index is -0.578. The number of carbonyl (C=O) groups is 2. The first-order valence-corrected chi connectivity index (χ1v) is 4.41. The van der Waals surface area contributed by atoms with Gasteiger partial charge in [0.1, 0.15) is 6.04 Å². The molecule has 0 unspecified atom stereocenters. The van der Waals surface area contributed by atoms with E-state index in [1.807, 2.05) is 0 Å². The molecule has 0 aliphatic heterocycles. The molecule has 1 amide bonds. The van der Waals surface area contributed by atoms with Crippen molar-refractivity contribution in [2.75, 3.05) is 5.75 Å². The zero-order chi connectivity index (χ0) is 8.85. The van der Waals surface area contributed by atoms with Crippen LogP contribution in [0.25, 0.3) is 0 Å². The number of hydrogen-bond acceptors (Lipinski definition) is 5. The highest BCUT2D eigenvalue weighted by Gasteiger charge is 2.16. The zero-order valence-corrected chi connectivity index (χ0v) is 7.74. The van der Waals surface area contributed by atoms with Crippen molar-refractivity contribution < 1.29 is 9.59 Å². The van der Waals surface area contributed by atoms with E-state index in [-0.39, 0.29) is 16.8 Å². The molecule has 1 atom stereocenters. The second-order valence-electron chi connectivity index (χ2n) is 1.87. The Morgan fingerprint density at radius 2 is 2.27 bits per heavy atom. The van der Waals surface area contributed by atoms with Crippen LogP contribution in [0.1, 0.15) is 6.92 Å². The third-order valence-corrected chi connectivity index (χ3v) is 1.84. The van der Waals surface area contributed by atoms with Gasteiger partial charge in [0.15, 0.2) is 0 Å². The molecular weight excluding hydrogens is 184 g/mol. The summed E-state index contributed by atoms with van der Waals surface area (Å²) in [6, 6.07) is -0.578. The van der Waals surface area contributed by atoms with Crippen LogP contribution >= 0.6 is 24.6 Å². The number of amides is 1. The molecule has 0 aliphatic rings. The standard InChI is InChI=1S/C5H10N2O2S2/c1-3(8)7-4(2-10)5(9)11-6/h4,10H,2,6H2,1H3,(H,7,8)/t4-/m0/s1. The van der Waals surface area contributed by atoms with E-state index in [1.165, 1.54) is 6.92 Å². The maximum atomic E-state index is 10.9. The lowest BCUT2D eigenvalue weighted by Gasteiger charge is -2.11. The smallest absolute Gasteiger partial charge is 0.226 e. The van der Waals surface area contributed by atoms with Gasteiger partial charge in [-0.1, -0.05) is 0 Å². The molecule has 0 radical (unpaired) electrons. The van der Waals surface area contributed by atoms with Crippen molar-refractivity contribution in [2.24, 2.45) is 5.14 Å². The molecule has 11 heavy (non-hydrogen) atoms. The van der Waals surface area contributed by atoms with Crippen LogP contribution in [0.4, 0.5) is 0 Å². The van der Waals surface area contributed by atoms with E-state index in [9.17, 15) is 9.59 Å². The van der Waals surface area contributed by atoms with E-state index in [4.69, 9.17) is 5.14 Å². The van der Waals surface area contributed by atoms with Crippen LogP contribution in [0.5, 0.6) is 0 Å². The minimum absolute atomic E-state index is 0.258. The molecular formula is C5H10N2O2S2. The predicted octanol–water partition coefficient (Wildman–Crippen LogP) is -0.446. The fraction of sp³-hybridized carbons (Fsp3) is 0.600. The normalized spacial score (nSPS) is 12.3. The molecule has 0 saturated carbocycles. The summed E-state index contributed by atoms with van der Waals surface area (Å²) >= 11 is 4.48. The van der Waals surface area contributed by atoms with Gasteiger partial charge in [-0.2, -0.15) is 12.6 Å². The summed E-state index contributed by atoms with van der Waals surface area (Å²) in [6.07, 6.45) is 0. The number of hydrogen-bond donors (Lipinski definition) is 3. The molecule has 0 aliphatic carbocycles. The number of carbonyl (C=O) groups excluding carboxylic acids is 2. The summed E-state index contributed by atoms with van der Waals surface area (Å²) in [5, 5.41) is 7.14. The summed E-state index contributed by atoms with van der Waals surface area (Å²) in [6.45, 7) is 1.34. The summed E-state index contributed by atoms with van der Waals surface area (Å²) in [7, 11) is 0. The van der Waals surface area contributed by atoms with Gasteiger partial charge < -0.3 is 5.32 Å². The van der Waals surface area contributed by atoms with Crippen molar-refractivity contribution in [2.45, 2.75) is 13.0 Å². The van der Waals surface area contributed by atoms with Crippen molar-refractivity contribution in [1.29, 1.82) is 0 Å². The molecule has 4 nitrogen and oxygen atoms in total. The molecule has 0 spiro atoms. The van der Waals surface area contributed by atoms with Gasteiger partial charge in [-0.05, 0) is 11.9 Å². The molecule has 0 heterocycles. The van der Waals surface area contributed by atoms with Crippen LogP contribution in [0, 0.1) is 0 Å². The largest absolute Gasteiger partial charge is 0.345 e. The number of nitrogens with one attached hydrogen (secondary N) is 1. The third kappa shape index (κ3) is 4.28. The average Bonchev–Trinajstić information content (AvgIpc) is 1.98. The number of rotatable bonds is 3. The Labute approximate surface area is 74.8 Å². The van der Waals surface area contributed by atoms with E-state index >= 15 is 0 Å². The van der Waals surface area contributed by atoms with E-state index in [2.05, 4.69) is 17.9 Å². The van der Waals surface area contributed by atoms with Crippen molar-refractivity contribution >= 4 is 35.6 Å². The van der Waals surface area contributed by atoms with Crippen molar-refractivity contribution in [3.8, 4) is 0 Å². The van der Waals surface area contributed by atoms with Gasteiger partial charge in [0.2, 0.25) is 11.0 Å². The average molecular weight is 194 g/mol. The Bertz CT molecular complexity index is 163. The highest BCUT2D eigenvalue weighted by atomic mass is 32.2. The van der Waals surface area contributed by atoms with Gasteiger partial charge >= 0.3 is 0 Å². The van der Waals surface area contributed by atoms with Gasteiger partial charge in [-0.25, -0.2) is 0 Å². The van der Waals surface area contributed by atoms with Gasteiger partial charge in [0.25, 0.3) is 0 Å². The molecule has 0 aromatic heterocycles. The topological polar surface area (TPSA) is 72.2 Å². The van der Waals surface area contributed by atoms with Crippen molar-refractivity contribution in [3.63, 3.8) is 0 Å². The molecule has 0 bridgehead atoms. The van der Waals surface area contributed by atoms with Gasteiger partial charge in [-0.3, -0.25) is 14.7 Å². The molecule has 0 aromatic rings. The Morgan fingerprint density at radius 3 is 2.55 bits per heavy atom. The van der Waals surface area contributed by atoms with Gasteiger partial charge in [0, 0.05) is 12.7 Å². The number of nitrogens with two attached hydrogens (primary N) is 1. The second-order valence-corrected chi connectivity index (χ2v) is 2.88. The lowest BCUT2D eigenvalue weighted by Crippen LogP contribution is -2.40. The lowest BCUT2D eigenvalue weighted by atomic mass is 10.4. The maximum absolute atomic E-state index is 10.9. The first-order chi connectivity index (χ1) is 5.11. The predicted molar refractivity (Wildman–Crippen MR) is 48.2 cm³/mol. The van der Waals surface area contributed by atoms with Crippen LogP contribution in [0.2, 0.25) is 0 Å². The molecule has 6 heteroatoms. The van der Waals surface area contributed by atoms with Crippen LogP contribution in [-0.4, -0.2) is 22.8 Å². The molecule has 64 valence electrons. The van der Waals surface area contributed by atoms with Crippen molar-refractivity contribution in [3.05, 3.63) is 0 Å². The van der Waals surface area contributed by atoms with Gasteiger partial charge in [-0.15, -0.1) is 0 Å². The lowest BCUT2D eigenvalue weighted by molar-refractivity contribution is -0.122. The summed E-state index contributed by atoms with van der Waals surface area (Å²) in [4.78, 5) is 21.3. The molecule has 0 saturated heterocycles. The Morgan fingerprint density at radius 1 is 1.73 bits per heavy atom. The first kappa shape index (κ1) is 10.8. The molecule has 0 fully saturated rings. The molecule has 0 rings (SSSR count). The SMILES string of the molecule is CC(=O)N[C@@H](CS)C(=O)SN. The molecule has 0 aromatic carbocycles. The zero-order valence-electron chi connectivity index (χ0n) is 6.03. The highest BCUT2D eigenvalue weighted by Crippen LogP contribution is 1.98. The number of thiol groups is 1. The van der Waals surface area contributed by atoms with E-state index in [0.717, 1.165) is 0 Å². The Hall–Kier alpha value is -0.200. The quantitative estimate of drug-likeness (QED) is 0.420. The Kier molecular flexibility index (Phi) is 5.35. The van der Waals surface area contributed by atoms with Crippen LogP contribution in [0.3, 0.4) is 0 Å². The van der Waals surface area contributed by atoms with E-state index < -0.39 is 6.04 Å². The van der Waals surface area contributed by atoms with Crippen LogP contribution in [0.15, 0.2) is 0 Å². The fourth-order valence-corrected chi connectivity index (χ4v) is 1.19. The van der Waals surface area contributed by atoms with Crippen molar-refractivity contribution in [1.82, 2.24) is 5.32 Å². The highest BCUT2D eigenvalue weighted by molar-refractivity contribution is 8.11. The third-order valence-electron chi connectivity index (χ3n) is 0.961. The van der Waals surface area contributed by atoms with Crippen LogP contribution in [-0.2, 0) is 9.59 Å². The summed E-state index contributed by atoms with van der Waals surface area (Å²) in [5.74, 6) is 0.00856.